The van der Waals surface area contributed by atoms with Crippen molar-refractivity contribution in [1.29, 1.82) is 0 Å². The highest BCUT2D eigenvalue weighted by atomic mass is 35.5. The molecule has 0 aromatic heterocycles. The van der Waals surface area contributed by atoms with Crippen molar-refractivity contribution in [1.82, 2.24) is 10.6 Å². The smallest absolute Gasteiger partial charge is 0.228 e. The van der Waals surface area contributed by atoms with Gasteiger partial charge in [0.2, 0.25) is 5.91 Å². The van der Waals surface area contributed by atoms with Gasteiger partial charge >= 0.3 is 0 Å². The zero-order chi connectivity index (χ0) is 15.4. The molecule has 0 saturated carbocycles. The third-order valence-corrected chi connectivity index (χ3v) is 4.68. The van der Waals surface area contributed by atoms with Gasteiger partial charge in [0.05, 0.1) is 18.1 Å². The van der Waals surface area contributed by atoms with Gasteiger partial charge in [0.25, 0.3) is 0 Å². The summed E-state index contributed by atoms with van der Waals surface area (Å²) < 4.78 is 11.1. The average Bonchev–Trinajstić information content (AvgIpc) is 2.56. The van der Waals surface area contributed by atoms with Gasteiger partial charge in [-0.15, -0.1) is 12.4 Å². The quantitative estimate of drug-likeness (QED) is 0.873. The van der Waals surface area contributed by atoms with Gasteiger partial charge in [0, 0.05) is 7.11 Å². The van der Waals surface area contributed by atoms with Crippen LogP contribution in [-0.4, -0.2) is 45.4 Å². The van der Waals surface area contributed by atoms with E-state index in [-0.39, 0.29) is 24.4 Å². The van der Waals surface area contributed by atoms with Gasteiger partial charge in [-0.1, -0.05) is 18.2 Å². The standard InChI is InChI=1S/C17H24N2O3.ClH/c1-21-12-17(6-8-18-9-7-17)16(20)19-14-10-13-4-2-3-5-15(13)22-11-14;/h2-5,14,18H,6-12H2,1H3,(H,19,20);1H. The van der Waals surface area contributed by atoms with E-state index in [1.807, 2.05) is 18.2 Å². The van der Waals surface area contributed by atoms with Crippen molar-refractivity contribution >= 4 is 18.3 Å². The lowest BCUT2D eigenvalue weighted by Gasteiger charge is -2.37. The molecule has 23 heavy (non-hydrogen) atoms. The fourth-order valence-electron chi connectivity index (χ4n) is 3.38. The minimum Gasteiger partial charge on any atom is -0.491 e. The highest BCUT2D eigenvalue weighted by Crippen LogP contribution is 2.30. The van der Waals surface area contributed by atoms with Crippen molar-refractivity contribution in [3.8, 4) is 5.75 Å². The number of ether oxygens (including phenoxy) is 2. The largest absolute Gasteiger partial charge is 0.491 e. The molecular weight excluding hydrogens is 316 g/mol. The average molecular weight is 341 g/mol. The van der Waals surface area contributed by atoms with Crippen molar-refractivity contribution in [3.63, 3.8) is 0 Å². The van der Waals surface area contributed by atoms with Crippen molar-refractivity contribution in [2.75, 3.05) is 33.4 Å². The highest BCUT2D eigenvalue weighted by Gasteiger charge is 2.40. The molecule has 3 rings (SSSR count). The van der Waals surface area contributed by atoms with E-state index in [1.165, 1.54) is 0 Å². The Hall–Kier alpha value is -1.30. The first-order valence-electron chi connectivity index (χ1n) is 7.95. The molecule has 2 aliphatic rings. The Morgan fingerprint density at radius 1 is 1.39 bits per heavy atom. The number of methoxy groups -OCH3 is 1. The van der Waals surface area contributed by atoms with Gasteiger partial charge in [-0.25, -0.2) is 0 Å². The number of benzene rings is 1. The van der Waals surface area contributed by atoms with Gasteiger partial charge in [-0.3, -0.25) is 4.79 Å². The molecule has 1 saturated heterocycles. The summed E-state index contributed by atoms with van der Waals surface area (Å²) in [5, 5.41) is 6.49. The molecule has 128 valence electrons. The molecule has 0 spiro atoms. The molecule has 2 N–H and O–H groups in total. The summed E-state index contributed by atoms with van der Waals surface area (Å²) in [4.78, 5) is 12.8. The maximum absolute atomic E-state index is 12.8. The third-order valence-electron chi connectivity index (χ3n) is 4.68. The molecule has 1 unspecified atom stereocenters. The van der Waals surface area contributed by atoms with Crippen LogP contribution >= 0.6 is 12.4 Å². The number of hydrogen-bond donors (Lipinski definition) is 2. The van der Waals surface area contributed by atoms with Gasteiger partial charge < -0.3 is 20.1 Å². The van der Waals surface area contributed by atoms with Crippen LogP contribution in [0.2, 0.25) is 0 Å². The molecule has 0 bridgehead atoms. The Morgan fingerprint density at radius 2 is 2.13 bits per heavy atom. The predicted molar refractivity (Wildman–Crippen MR) is 91.2 cm³/mol. The lowest BCUT2D eigenvalue weighted by Crippen LogP contribution is -2.54. The number of nitrogens with one attached hydrogen (secondary N) is 2. The molecule has 5 nitrogen and oxygen atoms in total. The molecular formula is C17H25ClN2O3. The molecule has 2 aliphatic heterocycles. The van der Waals surface area contributed by atoms with Crippen LogP contribution in [0.1, 0.15) is 18.4 Å². The van der Waals surface area contributed by atoms with E-state index in [2.05, 4.69) is 16.7 Å². The summed E-state index contributed by atoms with van der Waals surface area (Å²) in [5.41, 5.74) is 0.752. The molecule has 1 amide bonds. The second kappa shape index (κ2) is 7.99. The van der Waals surface area contributed by atoms with Crippen molar-refractivity contribution in [3.05, 3.63) is 29.8 Å². The van der Waals surface area contributed by atoms with Crippen LogP contribution in [-0.2, 0) is 16.0 Å². The van der Waals surface area contributed by atoms with Crippen LogP contribution in [0.4, 0.5) is 0 Å². The summed E-state index contributed by atoms with van der Waals surface area (Å²) in [5.74, 6) is 1.03. The third kappa shape index (κ3) is 3.97. The number of piperidine rings is 1. The first kappa shape index (κ1) is 18.0. The Kier molecular flexibility index (Phi) is 6.27. The van der Waals surface area contributed by atoms with E-state index in [0.29, 0.717) is 13.2 Å². The van der Waals surface area contributed by atoms with E-state index >= 15 is 0 Å². The number of carbonyl (C=O) groups excluding carboxylic acids is 1. The monoisotopic (exact) mass is 340 g/mol. The number of rotatable bonds is 4. The molecule has 1 atom stereocenters. The van der Waals surface area contributed by atoms with Crippen molar-refractivity contribution in [2.24, 2.45) is 5.41 Å². The lowest BCUT2D eigenvalue weighted by molar-refractivity contribution is -0.137. The number of carbonyl (C=O) groups is 1. The van der Waals surface area contributed by atoms with Crippen LogP contribution in [0, 0.1) is 5.41 Å². The van der Waals surface area contributed by atoms with E-state index in [1.54, 1.807) is 7.11 Å². The van der Waals surface area contributed by atoms with Crippen molar-refractivity contribution < 1.29 is 14.3 Å². The Morgan fingerprint density at radius 3 is 2.87 bits per heavy atom. The van der Waals surface area contributed by atoms with Gasteiger partial charge in [-0.2, -0.15) is 0 Å². The van der Waals surface area contributed by atoms with E-state index < -0.39 is 5.41 Å². The fourth-order valence-corrected chi connectivity index (χ4v) is 3.38. The van der Waals surface area contributed by atoms with Gasteiger partial charge in [0.15, 0.2) is 0 Å². The summed E-state index contributed by atoms with van der Waals surface area (Å²) >= 11 is 0. The Labute approximate surface area is 143 Å². The normalized spacial score (nSPS) is 22.2. The first-order valence-corrected chi connectivity index (χ1v) is 7.95. The summed E-state index contributed by atoms with van der Waals surface area (Å²) in [6, 6.07) is 8.05. The molecule has 0 radical (unpaired) electrons. The molecule has 1 aromatic carbocycles. The maximum atomic E-state index is 12.8. The first-order chi connectivity index (χ1) is 10.7. The van der Waals surface area contributed by atoms with E-state index in [4.69, 9.17) is 9.47 Å². The Bertz CT molecular complexity index is 527. The van der Waals surface area contributed by atoms with Crippen molar-refractivity contribution in [2.45, 2.75) is 25.3 Å². The summed E-state index contributed by atoms with van der Waals surface area (Å²) in [7, 11) is 1.66. The Balaban J connectivity index is 0.00000192. The minimum atomic E-state index is -0.406. The van der Waals surface area contributed by atoms with E-state index in [0.717, 1.165) is 43.7 Å². The zero-order valence-electron chi connectivity index (χ0n) is 13.5. The second-order valence-electron chi connectivity index (χ2n) is 6.26. The van der Waals surface area contributed by atoms with Gasteiger partial charge in [0.1, 0.15) is 12.4 Å². The maximum Gasteiger partial charge on any atom is 0.228 e. The van der Waals surface area contributed by atoms with Crippen LogP contribution in [0.3, 0.4) is 0 Å². The number of hydrogen-bond acceptors (Lipinski definition) is 4. The summed E-state index contributed by atoms with van der Waals surface area (Å²) in [6.07, 6.45) is 2.46. The molecule has 1 aromatic rings. The van der Waals surface area contributed by atoms with Gasteiger partial charge in [-0.05, 0) is 44.0 Å². The summed E-state index contributed by atoms with van der Waals surface area (Å²) in [6.45, 7) is 2.73. The van der Waals surface area contributed by atoms with E-state index in [9.17, 15) is 4.79 Å². The second-order valence-corrected chi connectivity index (χ2v) is 6.26. The molecule has 1 fully saturated rings. The molecule has 2 heterocycles. The molecule has 0 aliphatic carbocycles. The number of halogens is 1. The highest BCUT2D eigenvalue weighted by molar-refractivity contribution is 5.85. The minimum absolute atomic E-state index is 0. The zero-order valence-corrected chi connectivity index (χ0v) is 14.3. The van der Waals surface area contributed by atoms with Crippen LogP contribution in [0.5, 0.6) is 5.75 Å². The predicted octanol–water partition coefficient (Wildman–Crippen LogP) is 1.54. The van der Waals surface area contributed by atoms with Crippen LogP contribution in [0.15, 0.2) is 24.3 Å². The lowest BCUT2D eigenvalue weighted by atomic mass is 9.78. The van der Waals surface area contributed by atoms with Crippen LogP contribution in [0.25, 0.3) is 0 Å². The number of amides is 1. The SMILES string of the molecule is COCC1(C(=O)NC2COc3ccccc3C2)CCNCC1.Cl. The molecule has 6 heteroatoms. The number of para-hydroxylation sites is 1. The van der Waals surface area contributed by atoms with Crippen LogP contribution < -0.4 is 15.4 Å². The fraction of sp³-hybridized carbons (Fsp3) is 0.588. The number of fused-ring (bicyclic) bond motifs is 1. The topological polar surface area (TPSA) is 59.6 Å².